The van der Waals surface area contributed by atoms with E-state index in [0.717, 1.165) is 0 Å². The molecule has 1 saturated heterocycles. The van der Waals surface area contributed by atoms with Gasteiger partial charge in [-0.25, -0.2) is 5.32 Å². The van der Waals surface area contributed by atoms with Crippen LogP contribution in [0.5, 0.6) is 0 Å². The van der Waals surface area contributed by atoms with E-state index in [1.54, 1.807) is 6.08 Å². The van der Waals surface area contributed by atoms with Gasteiger partial charge in [-0.2, -0.15) is 11.8 Å². The van der Waals surface area contributed by atoms with Crippen molar-refractivity contribution in [1.82, 2.24) is 5.32 Å². The molecule has 0 aromatic carbocycles. The van der Waals surface area contributed by atoms with Crippen LogP contribution >= 0.6 is 11.8 Å². The van der Waals surface area contributed by atoms with Crippen molar-refractivity contribution in [3.63, 3.8) is 0 Å². The Balaban J connectivity index is 2.70. The average Bonchev–Trinajstić information content (AvgIpc) is 2.40. The Morgan fingerprint density at radius 1 is 1.55 bits per heavy atom. The predicted molar refractivity (Wildman–Crippen MR) is 71.0 cm³/mol. The van der Waals surface area contributed by atoms with E-state index >= 15 is 0 Å². The van der Waals surface area contributed by atoms with Crippen molar-refractivity contribution in [2.24, 2.45) is 0 Å². The largest absolute Gasteiger partial charge is 0.480 e. The van der Waals surface area contributed by atoms with Gasteiger partial charge in [-0.05, 0) is 0 Å². The van der Waals surface area contributed by atoms with Crippen LogP contribution in [0.3, 0.4) is 0 Å². The number of hydrogen-bond acceptors (Lipinski definition) is 8. The molecule has 1 rings (SSSR count). The molecule has 0 amide bonds. The highest BCUT2D eigenvalue weighted by atomic mass is 32.2. The van der Waals surface area contributed by atoms with Crippen molar-refractivity contribution < 1.29 is 35.1 Å². The molecule has 1 heterocycles. The SMILES string of the molecule is C=CCSCC(NC1(O)OCC(O)C(O)C1O)C(=O)O. The van der Waals surface area contributed by atoms with Gasteiger partial charge in [0.2, 0.25) is 0 Å². The number of hydrogen-bond donors (Lipinski definition) is 6. The smallest absolute Gasteiger partial charge is 0.321 e. The molecule has 5 atom stereocenters. The summed E-state index contributed by atoms with van der Waals surface area (Å²) < 4.78 is 4.84. The zero-order valence-corrected chi connectivity index (χ0v) is 11.5. The number of ether oxygens (including phenoxy) is 1. The summed E-state index contributed by atoms with van der Waals surface area (Å²) in [4.78, 5) is 11.1. The highest BCUT2D eigenvalue weighted by Crippen LogP contribution is 2.22. The van der Waals surface area contributed by atoms with Crippen molar-refractivity contribution in [3.05, 3.63) is 12.7 Å². The van der Waals surface area contributed by atoms with E-state index in [2.05, 4.69) is 11.9 Å². The van der Waals surface area contributed by atoms with Gasteiger partial charge < -0.3 is 30.3 Å². The van der Waals surface area contributed by atoms with E-state index in [4.69, 9.17) is 9.84 Å². The maximum Gasteiger partial charge on any atom is 0.321 e. The second kappa shape index (κ2) is 7.36. The Kier molecular flexibility index (Phi) is 6.40. The number of thioether (sulfide) groups is 1. The van der Waals surface area contributed by atoms with Gasteiger partial charge in [0.1, 0.15) is 18.2 Å². The van der Waals surface area contributed by atoms with Crippen molar-refractivity contribution in [2.75, 3.05) is 18.1 Å². The molecule has 0 saturated carbocycles. The molecule has 1 aliphatic heterocycles. The minimum atomic E-state index is -2.43. The highest BCUT2D eigenvalue weighted by Gasteiger charge is 2.50. The van der Waals surface area contributed by atoms with E-state index in [9.17, 15) is 25.2 Å². The van der Waals surface area contributed by atoms with Gasteiger partial charge in [0.15, 0.2) is 6.10 Å². The zero-order chi connectivity index (χ0) is 15.3. The normalized spacial score (nSPS) is 35.5. The summed E-state index contributed by atoms with van der Waals surface area (Å²) in [5, 5.41) is 49.9. The molecule has 116 valence electrons. The average molecular weight is 309 g/mol. The van der Waals surface area contributed by atoms with Crippen molar-refractivity contribution >= 4 is 17.7 Å². The zero-order valence-electron chi connectivity index (χ0n) is 10.7. The fraction of sp³-hybridized carbons (Fsp3) is 0.727. The Bertz CT molecular complexity index is 356. The number of aliphatic hydroxyl groups excluding tert-OH is 3. The van der Waals surface area contributed by atoms with Gasteiger partial charge in [0, 0.05) is 11.5 Å². The lowest BCUT2D eigenvalue weighted by molar-refractivity contribution is -0.336. The summed E-state index contributed by atoms with van der Waals surface area (Å²) >= 11 is 1.26. The van der Waals surface area contributed by atoms with Gasteiger partial charge in [0.25, 0.3) is 5.91 Å². The number of rotatable bonds is 7. The standard InChI is InChI=1S/C11H19NO7S/c1-2-3-20-5-6(10(16)17)12-11(18)9(15)8(14)7(13)4-19-11/h2,6-9,12-15,18H,1,3-5H2,(H,16,17). The molecular formula is C11H19NO7S. The van der Waals surface area contributed by atoms with Crippen molar-refractivity contribution in [3.8, 4) is 0 Å². The van der Waals surface area contributed by atoms with E-state index in [1.165, 1.54) is 11.8 Å². The minimum Gasteiger partial charge on any atom is -0.480 e. The van der Waals surface area contributed by atoms with E-state index in [0.29, 0.717) is 5.75 Å². The third kappa shape index (κ3) is 4.16. The van der Waals surface area contributed by atoms with Crippen LogP contribution in [0.2, 0.25) is 0 Å². The first-order valence-corrected chi connectivity index (χ1v) is 7.07. The summed E-state index contributed by atoms with van der Waals surface area (Å²) in [6, 6.07) is -1.21. The molecule has 20 heavy (non-hydrogen) atoms. The first-order valence-electron chi connectivity index (χ1n) is 5.91. The number of carbonyl (C=O) groups is 1. The van der Waals surface area contributed by atoms with Crippen LogP contribution in [0.4, 0.5) is 0 Å². The molecule has 0 bridgehead atoms. The van der Waals surface area contributed by atoms with Gasteiger partial charge in [-0.3, -0.25) is 4.79 Å². The van der Waals surface area contributed by atoms with Crippen LogP contribution in [-0.2, 0) is 9.53 Å². The predicted octanol–water partition coefficient (Wildman–Crippen LogP) is -2.29. The molecular weight excluding hydrogens is 290 g/mol. The van der Waals surface area contributed by atoms with Gasteiger partial charge >= 0.3 is 5.97 Å². The molecule has 9 heteroatoms. The minimum absolute atomic E-state index is 0.0956. The van der Waals surface area contributed by atoms with Crippen LogP contribution in [0.25, 0.3) is 0 Å². The molecule has 8 nitrogen and oxygen atoms in total. The monoisotopic (exact) mass is 309 g/mol. The molecule has 0 radical (unpaired) electrons. The van der Waals surface area contributed by atoms with Crippen molar-refractivity contribution in [2.45, 2.75) is 30.3 Å². The Labute approximate surface area is 120 Å². The van der Waals surface area contributed by atoms with E-state index < -0.39 is 42.8 Å². The molecule has 0 aromatic heterocycles. The van der Waals surface area contributed by atoms with E-state index in [-0.39, 0.29) is 5.75 Å². The highest BCUT2D eigenvalue weighted by molar-refractivity contribution is 7.99. The number of carboxylic acids is 1. The lowest BCUT2D eigenvalue weighted by Gasteiger charge is -2.42. The third-order valence-corrected chi connectivity index (χ3v) is 3.83. The Morgan fingerprint density at radius 3 is 2.75 bits per heavy atom. The summed E-state index contributed by atoms with van der Waals surface area (Å²) in [6.45, 7) is 3.06. The third-order valence-electron chi connectivity index (χ3n) is 2.79. The van der Waals surface area contributed by atoms with Crippen LogP contribution < -0.4 is 5.32 Å². The quantitative estimate of drug-likeness (QED) is 0.174. The number of aliphatic carboxylic acids is 1. The molecule has 0 spiro atoms. The summed E-state index contributed by atoms with van der Waals surface area (Å²) in [7, 11) is 0. The van der Waals surface area contributed by atoms with Gasteiger partial charge in [0.05, 0.1) is 6.61 Å². The van der Waals surface area contributed by atoms with Gasteiger partial charge in [-0.1, -0.05) is 6.08 Å². The number of nitrogens with one attached hydrogen (secondary N) is 1. The van der Waals surface area contributed by atoms with E-state index in [1.807, 2.05) is 0 Å². The summed E-state index contributed by atoms with van der Waals surface area (Å²) in [5.41, 5.74) is 0. The maximum absolute atomic E-state index is 11.1. The van der Waals surface area contributed by atoms with Gasteiger partial charge in [-0.15, -0.1) is 6.58 Å². The van der Waals surface area contributed by atoms with Crippen LogP contribution in [0.15, 0.2) is 12.7 Å². The Morgan fingerprint density at radius 2 is 2.20 bits per heavy atom. The second-order valence-electron chi connectivity index (χ2n) is 4.37. The second-order valence-corrected chi connectivity index (χ2v) is 5.45. The molecule has 1 aliphatic rings. The van der Waals surface area contributed by atoms with Crippen LogP contribution in [0.1, 0.15) is 0 Å². The van der Waals surface area contributed by atoms with Crippen LogP contribution in [-0.4, -0.2) is 79.9 Å². The first kappa shape index (κ1) is 17.4. The fourth-order valence-electron chi connectivity index (χ4n) is 1.66. The lowest BCUT2D eigenvalue weighted by atomic mass is 10.0. The molecule has 6 N–H and O–H groups in total. The maximum atomic E-state index is 11.1. The number of aliphatic hydroxyl groups is 4. The van der Waals surface area contributed by atoms with Crippen LogP contribution in [0, 0.1) is 0 Å². The number of carboxylic acid groups (broad SMARTS) is 1. The van der Waals surface area contributed by atoms with Crippen molar-refractivity contribution in [1.29, 1.82) is 0 Å². The summed E-state index contributed by atoms with van der Waals surface area (Å²) in [5.74, 6) is -3.06. The molecule has 0 aromatic rings. The molecule has 1 fully saturated rings. The molecule has 5 unspecified atom stereocenters. The fourth-order valence-corrected chi connectivity index (χ4v) is 2.42. The molecule has 0 aliphatic carbocycles. The summed E-state index contributed by atoms with van der Waals surface area (Å²) in [6.07, 6.45) is -3.27. The first-order chi connectivity index (χ1) is 9.31. The topological polar surface area (TPSA) is 139 Å². The Hall–Kier alpha value is -0.680. The lowest BCUT2D eigenvalue weighted by Crippen LogP contribution is -2.70.